The molecule has 0 aliphatic carbocycles. The highest BCUT2D eigenvalue weighted by Crippen LogP contribution is 2.32. The highest BCUT2D eigenvalue weighted by atomic mass is 79.9. The summed E-state index contributed by atoms with van der Waals surface area (Å²) in [6.45, 7) is 3.59. The number of aryl methyl sites for hydroxylation is 1. The zero-order valence-electron chi connectivity index (χ0n) is 11.6. The molecule has 0 spiro atoms. The molecule has 0 fully saturated rings. The van der Waals surface area contributed by atoms with Gasteiger partial charge in [-0.05, 0) is 37.1 Å². The lowest BCUT2D eigenvalue weighted by Gasteiger charge is -2.05. The number of carboxylic acid groups (broad SMARTS) is 1. The molecule has 0 radical (unpaired) electrons. The van der Waals surface area contributed by atoms with Crippen molar-refractivity contribution in [1.29, 1.82) is 0 Å². The second-order valence-electron chi connectivity index (χ2n) is 4.64. The van der Waals surface area contributed by atoms with Crippen molar-refractivity contribution in [2.75, 3.05) is 5.32 Å². The Morgan fingerprint density at radius 3 is 2.43 bits per heavy atom. The molecule has 1 aromatic heterocycles. The highest BCUT2D eigenvalue weighted by molar-refractivity contribution is 9.10. The number of halogens is 1. The summed E-state index contributed by atoms with van der Waals surface area (Å²) in [5.41, 5.74) is 1.76. The predicted molar refractivity (Wildman–Crippen MR) is 87.2 cm³/mol. The maximum atomic E-state index is 12.1. The summed E-state index contributed by atoms with van der Waals surface area (Å²) >= 11 is 4.63. The van der Waals surface area contributed by atoms with E-state index in [9.17, 15) is 14.7 Å². The molecule has 0 saturated heterocycles. The van der Waals surface area contributed by atoms with Crippen molar-refractivity contribution in [3.05, 3.63) is 50.3 Å². The number of benzene rings is 1. The van der Waals surface area contributed by atoms with E-state index in [1.165, 1.54) is 11.3 Å². The van der Waals surface area contributed by atoms with Gasteiger partial charge in [0.25, 0.3) is 0 Å². The Morgan fingerprint density at radius 1 is 1.24 bits per heavy atom. The summed E-state index contributed by atoms with van der Waals surface area (Å²) in [4.78, 5) is 24.2. The minimum absolute atomic E-state index is 0.182. The van der Waals surface area contributed by atoms with E-state index in [0.717, 1.165) is 14.9 Å². The number of carboxylic acids is 1. The van der Waals surface area contributed by atoms with Crippen molar-refractivity contribution in [2.45, 2.75) is 20.3 Å². The molecule has 0 aliphatic rings. The molecule has 0 saturated carbocycles. The van der Waals surface area contributed by atoms with Gasteiger partial charge in [-0.25, -0.2) is 4.79 Å². The molecule has 4 nitrogen and oxygen atoms in total. The summed E-state index contributed by atoms with van der Waals surface area (Å²) in [6, 6.07) is 7.44. The lowest BCUT2D eigenvalue weighted by atomic mass is 10.1. The number of hydrogen-bond acceptors (Lipinski definition) is 3. The van der Waals surface area contributed by atoms with Crippen LogP contribution in [0.1, 0.15) is 26.4 Å². The first-order chi connectivity index (χ1) is 9.88. The zero-order valence-corrected chi connectivity index (χ0v) is 14.0. The zero-order chi connectivity index (χ0) is 15.6. The smallest absolute Gasteiger partial charge is 0.338 e. The van der Waals surface area contributed by atoms with Crippen LogP contribution < -0.4 is 5.32 Å². The molecule has 6 heteroatoms. The van der Waals surface area contributed by atoms with E-state index in [1.54, 1.807) is 6.92 Å². The highest BCUT2D eigenvalue weighted by Gasteiger charge is 2.20. The third kappa shape index (κ3) is 3.71. The number of hydrogen-bond donors (Lipinski definition) is 2. The quantitative estimate of drug-likeness (QED) is 0.857. The van der Waals surface area contributed by atoms with Crippen molar-refractivity contribution < 1.29 is 14.7 Å². The Bertz CT molecular complexity index is 692. The topological polar surface area (TPSA) is 66.4 Å². The van der Waals surface area contributed by atoms with E-state index in [1.807, 2.05) is 31.2 Å². The van der Waals surface area contributed by atoms with Crippen LogP contribution in [0.2, 0.25) is 0 Å². The van der Waals surface area contributed by atoms with Crippen molar-refractivity contribution in [1.82, 2.24) is 0 Å². The Labute approximate surface area is 134 Å². The Hall–Kier alpha value is -1.66. The summed E-state index contributed by atoms with van der Waals surface area (Å²) < 4.78 is 0.948. The first-order valence-electron chi connectivity index (χ1n) is 6.26. The minimum atomic E-state index is -1.02. The average Bonchev–Trinajstić information content (AvgIpc) is 2.67. The van der Waals surface area contributed by atoms with Crippen LogP contribution in [0.15, 0.2) is 28.7 Å². The number of carbonyl (C=O) groups is 2. The van der Waals surface area contributed by atoms with Crippen molar-refractivity contribution >= 4 is 44.1 Å². The minimum Gasteiger partial charge on any atom is -0.478 e. The molecule has 21 heavy (non-hydrogen) atoms. The number of amides is 1. The molecule has 1 aromatic carbocycles. The molecule has 0 unspecified atom stereocenters. The summed E-state index contributed by atoms with van der Waals surface area (Å²) in [6.07, 6.45) is 0.211. The standard InChI is InChI=1S/C15H14BrNO3S/c1-8-9(2)21-14(13(8)15(19)20)17-12(18)7-10-3-5-11(16)6-4-10/h3-6H,7H2,1-2H3,(H,17,18)(H,19,20). The van der Waals surface area contributed by atoms with Gasteiger partial charge in [-0.1, -0.05) is 28.1 Å². The predicted octanol–water partition coefficient (Wildman–Crippen LogP) is 4.01. The maximum absolute atomic E-state index is 12.1. The van der Waals surface area contributed by atoms with Gasteiger partial charge in [-0.3, -0.25) is 4.79 Å². The summed E-state index contributed by atoms with van der Waals surface area (Å²) in [5, 5.41) is 12.3. The normalized spacial score (nSPS) is 10.4. The fourth-order valence-electron chi connectivity index (χ4n) is 1.93. The van der Waals surface area contributed by atoms with Gasteiger partial charge in [0.05, 0.1) is 12.0 Å². The number of aromatic carboxylic acids is 1. The number of thiophene rings is 1. The van der Waals surface area contributed by atoms with E-state index < -0.39 is 5.97 Å². The van der Waals surface area contributed by atoms with E-state index >= 15 is 0 Å². The van der Waals surface area contributed by atoms with Crippen LogP contribution >= 0.6 is 27.3 Å². The van der Waals surface area contributed by atoms with Crippen LogP contribution in [-0.2, 0) is 11.2 Å². The van der Waals surface area contributed by atoms with Gasteiger partial charge >= 0.3 is 5.97 Å². The third-order valence-electron chi connectivity index (χ3n) is 3.13. The second kappa shape index (κ2) is 6.41. The first kappa shape index (κ1) is 15.7. The molecular formula is C15H14BrNO3S. The Kier molecular flexibility index (Phi) is 4.80. The first-order valence-corrected chi connectivity index (χ1v) is 7.87. The molecule has 0 aliphatic heterocycles. The van der Waals surface area contributed by atoms with Gasteiger partial charge in [0.2, 0.25) is 5.91 Å². The van der Waals surface area contributed by atoms with Crippen LogP contribution in [0.3, 0.4) is 0 Å². The van der Waals surface area contributed by atoms with Crippen LogP contribution in [0.5, 0.6) is 0 Å². The van der Waals surface area contributed by atoms with Gasteiger partial charge in [0, 0.05) is 9.35 Å². The largest absolute Gasteiger partial charge is 0.478 e. The maximum Gasteiger partial charge on any atom is 0.338 e. The van der Waals surface area contributed by atoms with E-state index in [-0.39, 0.29) is 17.9 Å². The van der Waals surface area contributed by atoms with Gasteiger partial charge < -0.3 is 10.4 Å². The molecule has 2 aromatic rings. The average molecular weight is 368 g/mol. The number of anilines is 1. The van der Waals surface area contributed by atoms with Crippen LogP contribution in [0.4, 0.5) is 5.00 Å². The van der Waals surface area contributed by atoms with Gasteiger partial charge in [0.15, 0.2) is 0 Å². The molecule has 0 atom stereocenters. The summed E-state index contributed by atoms with van der Waals surface area (Å²) in [7, 11) is 0. The lowest BCUT2D eigenvalue weighted by molar-refractivity contribution is -0.115. The lowest BCUT2D eigenvalue weighted by Crippen LogP contribution is -2.15. The van der Waals surface area contributed by atoms with Crippen LogP contribution in [0, 0.1) is 13.8 Å². The molecule has 2 rings (SSSR count). The molecule has 1 amide bonds. The molecule has 2 N–H and O–H groups in total. The monoisotopic (exact) mass is 367 g/mol. The fraction of sp³-hybridized carbons (Fsp3) is 0.200. The van der Waals surface area contributed by atoms with Gasteiger partial charge in [-0.2, -0.15) is 0 Å². The number of nitrogens with one attached hydrogen (secondary N) is 1. The SMILES string of the molecule is Cc1sc(NC(=O)Cc2ccc(Br)cc2)c(C(=O)O)c1C. The number of carbonyl (C=O) groups excluding carboxylic acids is 1. The van der Waals surface area contributed by atoms with Crippen molar-refractivity contribution in [3.8, 4) is 0 Å². The molecular weight excluding hydrogens is 354 g/mol. The van der Waals surface area contributed by atoms with Crippen molar-refractivity contribution in [3.63, 3.8) is 0 Å². The number of rotatable bonds is 4. The van der Waals surface area contributed by atoms with E-state index in [2.05, 4.69) is 21.2 Å². The van der Waals surface area contributed by atoms with Gasteiger partial charge in [0.1, 0.15) is 5.00 Å². The Morgan fingerprint density at radius 2 is 1.86 bits per heavy atom. The van der Waals surface area contributed by atoms with Crippen LogP contribution in [-0.4, -0.2) is 17.0 Å². The Balaban J connectivity index is 2.15. The van der Waals surface area contributed by atoms with E-state index in [0.29, 0.717) is 10.6 Å². The molecule has 0 bridgehead atoms. The van der Waals surface area contributed by atoms with E-state index in [4.69, 9.17) is 0 Å². The summed E-state index contributed by atoms with van der Waals surface area (Å²) in [5.74, 6) is -1.24. The second-order valence-corrected chi connectivity index (χ2v) is 6.78. The molecule has 110 valence electrons. The third-order valence-corrected chi connectivity index (χ3v) is 4.78. The van der Waals surface area contributed by atoms with Crippen molar-refractivity contribution in [2.24, 2.45) is 0 Å². The molecule has 1 heterocycles. The van der Waals surface area contributed by atoms with Crippen LogP contribution in [0.25, 0.3) is 0 Å². The van der Waals surface area contributed by atoms with Gasteiger partial charge in [-0.15, -0.1) is 11.3 Å². The fourth-order valence-corrected chi connectivity index (χ4v) is 3.26.